The van der Waals surface area contributed by atoms with E-state index in [-0.39, 0.29) is 30.8 Å². The normalized spacial score (nSPS) is 11.5. The van der Waals surface area contributed by atoms with Crippen molar-refractivity contribution >= 4 is 23.4 Å². The van der Waals surface area contributed by atoms with Gasteiger partial charge in [-0.2, -0.15) is 0 Å². The number of benzene rings is 3. The fourth-order valence-corrected chi connectivity index (χ4v) is 4.02. The number of ether oxygens (including phenoxy) is 1. The van der Waals surface area contributed by atoms with E-state index in [1.165, 1.54) is 17.0 Å². The molecule has 3 rings (SSSR count). The van der Waals surface area contributed by atoms with Crippen LogP contribution in [0.4, 0.5) is 4.39 Å². The summed E-state index contributed by atoms with van der Waals surface area (Å²) in [6.45, 7) is 2.47. The molecule has 0 aliphatic rings. The highest BCUT2D eigenvalue weighted by Crippen LogP contribution is 2.23. The zero-order valence-electron chi connectivity index (χ0n) is 20.5. The predicted octanol–water partition coefficient (Wildman–Crippen LogP) is 5.80. The second-order valence-electron chi connectivity index (χ2n) is 8.57. The summed E-state index contributed by atoms with van der Waals surface area (Å²) in [4.78, 5) is 28.4. The van der Waals surface area contributed by atoms with Gasteiger partial charge >= 0.3 is 0 Å². The molecule has 0 aromatic heterocycles. The van der Waals surface area contributed by atoms with Crippen LogP contribution in [0.3, 0.4) is 0 Å². The molecule has 0 heterocycles. The first-order valence-electron chi connectivity index (χ1n) is 12.2. The van der Waals surface area contributed by atoms with Gasteiger partial charge in [0, 0.05) is 19.5 Å². The number of amides is 2. The van der Waals surface area contributed by atoms with Gasteiger partial charge in [-0.1, -0.05) is 86.0 Å². The topological polar surface area (TPSA) is 58.6 Å². The van der Waals surface area contributed by atoms with Crippen molar-refractivity contribution in [2.45, 2.75) is 45.2 Å². The van der Waals surface area contributed by atoms with Crippen molar-refractivity contribution in [1.82, 2.24) is 10.2 Å². The Morgan fingerprint density at radius 2 is 1.64 bits per heavy atom. The molecule has 3 aromatic carbocycles. The number of rotatable bonds is 13. The first-order chi connectivity index (χ1) is 17.5. The SMILES string of the molecule is CCCCCNC(=O)C(Cc1ccccc1)N(Cc1ccc(F)cc1)C(=O)COc1ccccc1Cl. The Balaban J connectivity index is 1.87. The highest BCUT2D eigenvalue weighted by Gasteiger charge is 2.30. The maximum absolute atomic E-state index is 13.5. The Kier molecular flexibility index (Phi) is 10.8. The van der Waals surface area contributed by atoms with E-state index < -0.39 is 6.04 Å². The Morgan fingerprint density at radius 3 is 2.33 bits per heavy atom. The van der Waals surface area contributed by atoms with Crippen molar-refractivity contribution < 1.29 is 18.7 Å². The molecule has 1 atom stereocenters. The molecule has 7 heteroatoms. The van der Waals surface area contributed by atoms with Crippen molar-refractivity contribution in [2.75, 3.05) is 13.2 Å². The Hall–Kier alpha value is -3.38. The number of hydrogen-bond donors (Lipinski definition) is 1. The highest BCUT2D eigenvalue weighted by molar-refractivity contribution is 6.32. The van der Waals surface area contributed by atoms with Crippen LogP contribution in [0.5, 0.6) is 5.75 Å². The Morgan fingerprint density at radius 1 is 0.944 bits per heavy atom. The van der Waals surface area contributed by atoms with Crippen molar-refractivity contribution in [2.24, 2.45) is 0 Å². The molecule has 5 nitrogen and oxygen atoms in total. The second kappa shape index (κ2) is 14.2. The lowest BCUT2D eigenvalue weighted by Gasteiger charge is -2.31. The van der Waals surface area contributed by atoms with Gasteiger partial charge in [-0.3, -0.25) is 9.59 Å². The van der Waals surface area contributed by atoms with E-state index in [2.05, 4.69) is 12.2 Å². The van der Waals surface area contributed by atoms with E-state index in [4.69, 9.17) is 16.3 Å². The summed E-state index contributed by atoms with van der Waals surface area (Å²) in [5, 5.41) is 3.39. The molecule has 0 saturated carbocycles. The monoisotopic (exact) mass is 510 g/mol. The molecule has 0 bridgehead atoms. The van der Waals surface area contributed by atoms with Gasteiger partial charge in [0.2, 0.25) is 5.91 Å². The first-order valence-corrected chi connectivity index (χ1v) is 12.6. The van der Waals surface area contributed by atoms with Crippen LogP contribution >= 0.6 is 11.6 Å². The predicted molar refractivity (Wildman–Crippen MR) is 140 cm³/mol. The molecule has 0 fully saturated rings. The van der Waals surface area contributed by atoms with E-state index >= 15 is 0 Å². The Labute approximate surface area is 217 Å². The number of para-hydroxylation sites is 1. The maximum atomic E-state index is 13.5. The third-order valence-electron chi connectivity index (χ3n) is 5.80. The average Bonchev–Trinajstić information content (AvgIpc) is 2.89. The summed E-state index contributed by atoms with van der Waals surface area (Å²) in [5.74, 6) is -0.585. The van der Waals surface area contributed by atoms with Crippen molar-refractivity contribution in [1.29, 1.82) is 0 Å². The molecule has 190 valence electrons. The number of nitrogens with zero attached hydrogens (tertiary/aromatic N) is 1. The minimum atomic E-state index is -0.776. The summed E-state index contributed by atoms with van der Waals surface area (Å²) in [5.41, 5.74) is 1.63. The van der Waals surface area contributed by atoms with Gasteiger partial charge in [-0.05, 0) is 41.8 Å². The molecule has 0 spiro atoms. The second-order valence-corrected chi connectivity index (χ2v) is 8.98. The van der Waals surface area contributed by atoms with E-state index in [0.717, 1.165) is 24.8 Å². The van der Waals surface area contributed by atoms with Gasteiger partial charge in [0.15, 0.2) is 6.61 Å². The van der Waals surface area contributed by atoms with E-state index in [1.807, 2.05) is 30.3 Å². The molecule has 0 aliphatic heterocycles. The van der Waals surface area contributed by atoms with Gasteiger partial charge in [-0.15, -0.1) is 0 Å². The molecule has 0 saturated heterocycles. The van der Waals surface area contributed by atoms with Crippen molar-refractivity contribution in [3.63, 3.8) is 0 Å². The van der Waals surface area contributed by atoms with Crippen LogP contribution in [0.15, 0.2) is 78.9 Å². The number of unbranched alkanes of at least 4 members (excludes halogenated alkanes) is 2. The third kappa shape index (κ3) is 8.38. The zero-order chi connectivity index (χ0) is 25.8. The number of halogens is 2. The summed E-state index contributed by atoms with van der Waals surface area (Å²) in [7, 11) is 0. The van der Waals surface area contributed by atoms with Crippen LogP contribution in [-0.4, -0.2) is 35.9 Å². The maximum Gasteiger partial charge on any atom is 0.261 e. The minimum absolute atomic E-state index is 0.130. The lowest BCUT2D eigenvalue weighted by molar-refractivity contribution is -0.142. The fourth-order valence-electron chi connectivity index (χ4n) is 3.83. The van der Waals surface area contributed by atoms with E-state index in [0.29, 0.717) is 29.3 Å². The molecule has 0 radical (unpaired) electrons. The molecule has 1 N–H and O–H groups in total. The lowest BCUT2D eigenvalue weighted by Crippen LogP contribution is -2.51. The van der Waals surface area contributed by atoms with Gasteiger partial charge in [-0.25, -0.2) is 4.39 Å². The summed E-state index contributed by atoms with van der Waals surface area (Å²) in [6.07, 6.45) is 3.24. The van der Waals surface area contributed by atoms with Crippen molar-refractivity contribution in [3.8, 4) is 5.75 Å². The zero-order valence-corrected chi connectivity index (χ0v) is 21.2. The first kappa shape index (κ1) is 27.2. The summed E-state index contributed by atoms with van der Waals surface area (Å²) < 4.78 is 19.2. The number of carbonyl (C=O) groups is 2. The molecule has 36 heavy (non-hydrogen) atoms. The summed E-state index contributed by atoms with van der Waals surface area (Å²) >= 11 is 6.19. The quantitative estimate of drug-likeness (QED) is 0.295. The molecular formula is C29H32ClFN2O3. The van der Waals surface area contributed by atoms with Crippen LogP contribution < -0.4 is 10.1 Å². The largest absolute Gasteiger partial charge is 0.482 e. The van der Waals surface area contributed by atoms with Crippen LogP contribution in [0.1, 0.15) is 37.3 Å². The van der Waals surface area contributed by atoms with E-state index in [9.17, 15) is 14.0 Å². The third-order valence-corrected chi connectivity index (χ3v) is 6.12. The smallest absolute Gasteiger partial charge is 0.261 e. The van der Waals surface area contributed by atoms with Gasteiger partial charge in [0.1, 0.15) is 17.6 Å². The van der Waals surface area contributed by atoms with Crippen LogP contribution in [0.2, 0.25) is 5.02 Å². The standard InChI is InChI=1S/C29H32ClFN2O3/c1-2-3-9-18-32-29(35)26(19-22-10-5-4-6-11-22)33(20-23-14-16-24(31)17-15-23)28(34)21-36-27-13-8-7-12-25(27)30/h4-8,10-17,26H,2-3,9,18-21H2,1H3,(H,32,35). The number of hydrogen-bond acceptors (Lipinski definition) is 3. The number of carbonyl (C=O) groups excluding carboxylic acids is 2. The van der Waals surface area contributed by atoms with Gasteiger partial charge in [0.25, 0.3) is 5.91 Å². The van der Waals surface area contributed by atoms with Crippen LogP contribution in [-0.2, 0) is 22.6 Å². The molecule has 0 aliphatic carbocycles. The van der Waals surface area contributed by atoms with Crippen molar-refractivity contribution in [3.05, 3.63) is 101 Å². The molecule has 1 unspecified atom stereocenters. The van der Waals surface area contributed by atoms with E-state index in [1.54, 1.807) is 36.4 Å². The fraction of sp³-hybridized carbons (Fsp3) is 0.310. The Bertz CT molecular complexity index is 1110. The average molecular weight is 511 g/mol. The summed E-state index contributed by atoms with van der Waals surface area (Å²) in [6, 6.07) is 21.6. The molecular weight excluding hydrogens is 479 g/mol. The van der Waals surface area contributed by atoms with Gasteiger partial charge < -0.3 is 15.0 Å². The molecule has 2 amide bonds. The minimum Gasteiger partial charge on any atom is -0.482 e. The van der Waals surface area contributed by atoms with Crippen LogP contribution in [0.25, 0.3) is 0 Å². The molecule has 3 aromatic rings. The van der Waals surface area contributed by atoms with Crippen LogP contribution in [0, 0.1) is 5.82 Å². The van der Waals surface area contributed by atoms with Gasteiger partial charge in [0.05, 0.1) is 5.02 Å². The number of nitrogens with one attached hydrogen (secondary N) is 1. The lowest BCUT2D eigenvalue weighted by atomic mass is 10.0. The highest BCUT2D eigenvalue weighted by atomic mass is 35.5.